The smallest absolute Gasteiger partial charge is 0.278 e. The average Bonchev–Trinajstić information content (AvgIpc) is 3.67. The number of rotatable bonds is 7. The third-order valence-corrected chi connectivity index (χ3v) is 7.67. The van der Waals surface area contributed by atoms with Crippen molar-refractivity contribution < 1.29 is 14.3 Å². The van der Waals surface area contributed by atoms with Crippen molar-refractivity contribution in [2.75, 3.05) is 4.90 Å². The molecule has 7 nitrogen and oxygen atoms in total. The summed E-state index contributed by atoms with van der Waals surface area (Å²) >= 11 is 2.80. The van der Waals surface area contributed by atoms with Crippen LogP contribution in [0.25, 0.3) is 21.4 Å². The van der Waals surface area contributed by atoms with Crippen molar-refractivity contribution in [1.29, 1.82) is 0 Å². The number of fused-ring (bicyclic) bond motifs is 1. The zero-order valence-corrected chi connectivity index (χ0v) is 22.7. The van der Waals surface area contributed by atoms with Crippen LogP contribution in [0.5, 0.6) is 0 Å². The Bertz CT molecular complexity index is 1590. The summed E-state index contributed by atoms with van der Waals surface area (Å²) in [6.45, 7) is 5.91. The summed E-state index contributed by atoms with van der Waals surface area (Å²) in [5.41, 5.74) is 2.02. The van der Waals surface area contributed by atoms with Crippen LogP contribution in [0.3, 0.4) is 0 Å². The quantitative estimate of drug-likeness (QED) is 0.191. The van der Waals surface area contributed by atoms with Gasteiger partial charge in [0, 0.05) is 26.9 Å². The minimum absolute atomic E-state index is 0.217. The van der Waals surface area contributed by atoms with Crippen molar-refractivity contribution in [1.82, 2.24) is 15.3 Å². The van der Waals surface area contributed by atoms with Crippen molar-refractivity contribution in [3.63, 3.8) is 0 Å². The number of hydrogen-bond donors (Lipinski definition) is 2. The number of aliphatic hydroxyl groups excluding tert-OH is 1. The summed E-state index contributed by atoms with van der Waals surface area (Å²) < 4.78 is 6.49. The summed E-state index contributed by atoms with van der Waals surface area (Å²) in [7, 11) is 0. The van der Waals surface area contributed by atoms with E-state index in [0.29, 0.717) is 16.5 Å². The number of terminal acetylenes is 1. The second kappa shape index (κ2) is 10.5. The summed E-state index contributed by atoms with van der Waals surface area (Å²) in [5, 5.41) is 20.0. The topological polar surface area (TPSA) is 91.5 Å². The molecule has 2 atom stereocenters. The van der Waals surface area contributed by atoms with Crippen molar-refractivity contribution in [2.24, 2.45) is 0 Å². The third-order valence-electron chi connectivity index (χ3n) is 5.92. The van der Waals surface area contributed by atoms with E-state index in [-0.39, 0.29) is 11.6 Å². The minimum atomic E-state index is -1.10. The number of nitrogens with zero attached hydrogens (tertiary/aromatic N) is 3. The van der Waals surface area contributed by atoms with E-state index in [2.05, 4.69) is 21.2 Å². The van der Waals surface area contributed by atoms with E-state index in [4.69, 9.17) is 10.8 Å². The van der Waals surface area contributed by atoms with Crippen LogP contribution in [-0.4, -0.2) is 32.7 Å². The van der Waals surface area contributed by atoms with Crippen LogP contribution >= 0.6 is 22.7 Å². The number of anilines is 1. The lowest BCUT2D eigenvalue weighted by Gasteiger charge is -2.38. The number of oxazole rings is 1. The molecule has 3 aromatic heterocycles. The molecule has 3 heterocycles. The Labute approximate surface area is 228 Å². The number of thiophene rings is 1. The normalized spacial score (nSPS) is 13.2. The number of benzene rings is 2. The molecule has 0 saturated carbocycles. The molecule has 2 unspecified atom stereocenters. The Balaban J connectivity index is 1.68. The highest BCUT2D eigenvalue weighted by molar-refractivity contribution is 7.17. The summed E-state index contributed by atoms with van der Waals surface area (Å²) in [4.78, 5) is 24.1. The molecule has 0 spiro atoms. The minimum Gasteiger partial charge on any atom is -0.444 e. The van der Waals surface area contributed by atoms with Crippen LogP contribution in [0.2, 0.25) is 0 Å². The van der Waals surface area contributed by atoms with E-state index in [0.717, 1.165) is 21.2 Å². The van der Waals surface area contributed by atoms with E-state index in [9.17, 15) is 9.90 Å². The average molecular weight is 543 g/mol. The van der Waals surface area contributed by atoms with Gasteiger partial charge in [0.25, 0.3) is 5.91 Å². The predicted octanol–water partition coefficient (Wildman–Crippen LogP) is 6.09. The van der Waals surface area contributed by atoms with Gasteiger partial charge in [0.05, 0.1) is 6.20 Å². The summed E-state index contributed by atoms with van der Waals surface area (Å²) in [6.07, 6.45) is 7.44. The van der Waals surface area contributed by atoms with Crippen molar-refractivity contribution in [2.45, 2.75) is 38.6 Å². The SMILES string of the molecule is C#Cc1nc(C(=O)N(c2ccc(-c3cnco3)cc2)C(c2csc3ccccc23)C(O)NC(C)(C)C)cs1. The Hall–Kier alpha value is -3.81. The highest BCUT2D eigenvalue weighted by atomic mass is 32.1. The molecule has 0 radical (unpaired) electrons. The van der Waals surface area contributed by atoms with Gasteiger partial charge in [-0.3, -0.25) is 15.0 Å². The van der Waals surface area contributed by atoms with Crippen LogP contribution in [0.4, 0.5) is 5.69 Å². The molecule has 0 aliphatic carbocycles. The van der Waals surface area contributed by atoms with Crippen LogP contribution < -0.4 is 10.2 Å². The van der Waals surface area contributed by atoms with Gasteiger partial charge in [-0.1, -0.05) is 18.2 Å². The van der Waals surface area contributed by atoms with Gasteiger partial charge in [-0.25, -0.2) is 9.97 Å². The number of hydrogen-bond acceptors (Lipinski definition) is 8. The van der Waals surface area contributed by atoms with Crippen molar-refractivity contribution >= 4 is 44.4 Å². The summed E-state index contributed by atoms with van der Waals surface area (Å²) in [5.74, 6) is 2.74. The standard InChI is InChI=1S/C29H26N4O3S2/c1-5-25-31-22(16-38-25)28(35)33(19-12-10-18(11-13-19)23-14-30-17-36-23)26(27(34)32-29(2,3)4)21-15-37-24-9-7-6-8-20(21)24/h1,6-17,26-27,32,34H,2-4H3. The monoisotopic (exact) mass is 542 g/mol. The number of nitrogens with one attached hydrogen (secondary N) is 1. The number of aliphatic hydroxyl groups is 1. The van der Waals surface area contributed by atoms with Gasteiger partial charge in [-0.15, -0.1) is 29.1 Å². The lowest BCUT2D eigenvalue weighted by atomic mass is 9.98. The first-order chi connectivity index (χ1) is 18.2. The molecule has 9 heteroatoms. The van der Waals surface area contributed by atoms with E-state index in [1.807, 2.05) is 74.7 Å². The molecule has 38 heavy (non-hydrogen) atoms. The predicted molar refractivity (Wildman–Crippen MR) is 152 cm³/mol. The largest absolute Gasteiger partial charge is 0.444 e. The molecule has 5 aromatic rings. The highest BCUT2D eigenvalue weighted by Gasteiger charge is 2.37. The lowest BCUT2D eigenvalue weighted by molar-refractivity contribution is 0.0695. The third kappa shape index (κ3) is 5.26. The molecule has 5 rings (SSSR count). The van der Waals surface area contributed by atoms with Crippen molar-refractivity contribution in [3.8, 4) is 23.7 Å². The van der Waals surface area contributed by atoms with E-state index in [1.54, 1.807) is 27.8 Å². The molecule has 0 bridgehead atoms. The van der Waals surface area contributed by atoms with Crippen LogP contribution in [0.15, 0.2) is 76.3 Å². The Morgan fingerprint density at radius 3 is 2.55 bits per heavy atom. The first kappa shape index (κ1) is 25.8. The molecular formula is C29H26N4O3S2. The van der Waals surface area contributed by atoms with E-state index < -0.39 is 17.8 Å². The Kier molecular flexibility index (Phi) is 7.15. The van der Waals surface area contributed by atoms with Gasteiger partial charge < -0.3 is 9.52 Å². The van der Waals surface area contributed by atoms with Gasteiger partial charge in [0.15, 0.2) is 17.2 Å². The molecule has 0 aliphatic rings. The number of carbonyl (C=O) groups excluding carboxylic acids is 1. The Morgan fingerprint density at radius 2 is 1.89 bits per heavy atom. The molecule has 192 valence electrons. The zero-order chi connectivity index (χ0) is 26.9. The molecular weight excluding hydrogens is 516 g/mol. The molecule has 0 aliphatic heterocycles. The fourth-order valence-electron chi connectivity index (χ4n) is 4.31. The zero-order valence-electron chi connectivity index (χ0n) is 21.1. The molecule has 0 saturated heterocycles. The van der Waals surface area contributed by atoms with E-state index in [1.165, 1.54) is 17.7 Å². The fraction of sp³-hybridized carbons (Fsp3) is 0.207. The fourth-order valence-corrected chi connectivity index (χ4v) is 5.90. The van der Waals surface area contributed by atoms with Crippen molar-refractivity contribution in [3.05, 3.63) is 88.1 Å². The lowest BCUT2D eigenvalue weighted by Crippen LogP contribution is -2.52. The number of carbonyl (C=O) groups is 1. The number of amides is 1. The second-order valence-electron chi connectivity index (χ2n) is 9.74. The van der Waals surface area contributed by atoms with Gasteiger partial charge in [-0.2, -0.15) is 0 Å². The van der Waals surface area contributed by atoms with Crippen LogP contribution in [0.1, 0.15) is 47.9 Å². The van der Waals surface area contributed by atoms with Gasteiger partial charge >= 0.3 is 0 Å². The maximum atomic E-state index is 14.2. The molecule has 1 amide bonds. The second-order valence-corrected chi connectivity index (χ2v) is 11.5. The molecule has 0 fully saturated rings. The molecule has 2 N–H and O–H groups in total. The van der Waals surface area contributed by atoms with Gasteiger partial charge in [-0.05, 0) is 73.4 Å². The molecule has 2 aromatic carbocycles. The highest BCUT2D eigenvalue weighted by Crippen LogP contribution is 2.39. The maximum Gasteiger partial charge on any atom is 0.278 e. The first-order valence-electron chi connectivity index (χ1n) is 11.9. The van der Waals surface area contributed by atoms with Crippen LogP contribution in [-0.2, 0) is 0 Å². The maximum absolute atomic E-state index is 14.2. The van der Waals surface area contributed by atoms with E-state index >= 15 is 0 Å². The van der Waals surface area contributed by atoms with Gasteiger partial charge in [0.1, 0.15) is 18.0 Å². The van der Waals surface area contributed by atoms with Crippen LogP contribution in [0, 0.1) is 12.3 Å². The number of aromatic nitrogens is 2. The van der Waals surface area contributed by atoms with Gasteiger partial charge in [0.2, 0.25) is 0 Å². The first-order valence-corrected chi connectivity index (χ1v) is 13.7. The summed E-state index contributed by atoms with van der Waals surface area (Å²) in [6, 6.07) is 14.6. The number of thiazole rings is 1. The Morgan fingerprint density at radius 1 is 1.13 bits per heavy atom.